The number of carbonyl (C=O) groups excluding carboxylic acids is 2. The molecule has 0 aliphatic rings. The number of hydrogen-bond donors (Lipinski definition) is 0. The van der Waals surface area contributed by atoms with E-state index in [2.05, 4.69) is 20.8 Å². The van der Waals surface area contributed by atoms with Gasteiger partial charge in [0.15, 0.2) is 0 Å². The molecule has 2 heteroatoms. The lowest BCUT2D eigenvalue weighted by atomic mass is 9.87. The van der Waals surface area contributed by atoms with Crippen LogP contribution in [0.25, 0.3) is 0 Å². The first-order valence-corrected chi connectivity index (χ1v) is 5.98. The second-order valence-electron chi connectivity index (χ2n) is 4.71. The Labute approximate surface area is 93.4 Å². The van der Waals surface area contributed by atoms with Gasteiger partial charge in [0.05, 0.1) is 0 Å². The largest absolute Gasteiger partial charge is 0.300 e. The van der Waals surface area contributed by atoms with Crippen molar-refractivity contribution in [1.82, 2.24) is 0 Å². The van der Waals surface area contributed by atoms with Gasteiger partial charge >= 0.3 is 0 Å². The summed E-state index contributed by atoms with van der Waals surface area (Å²) in [5, 5.41) is 0. The van der Waals surface area contributed by atoms with Crippen molar-refractivity contribution in [3.8, 4) is 0 Å². The van der Waals surface area contributed by atoms with Gasteiger partial charge in [-0.2, -0.15) is 0 Å². The topological polar surface area (TPSA) is 34.1 Å². The van der Waals surface area contributed by atoms with E-state index in [1.54, 1.807) is 6.92 Å². The number of carbonyl (C=O) groups is 2. The van der Waals surface area contributed by atoms with E-state index in [1.165, 1.54) is 0 Å². The van der Waals surface area contributed by atoms with Gasteiger partial charge in [-0.1, -0.05) is 27.2 Å². The summed E-state index contributed by atoms with van der Waals surface area (Å²) in [7, 11) is 0. The van der Waals surface area contributed by atoms with Gasteiger partial charge in [0.25, 0.3) is 0 Å². The van der Waals surface area contributed by atoms with E-state index < -0.39 is 0 Å². The SMILES string of the molecule is CCCCC(=O)CC(C)C(C)CC(C)=O. The van der Waals surface area contributed by atoms with Crippen molar-refractivity contribution in [1.29, 1.82) is 0 Å². The average Bonchev–Trinajstić information content (AvgIpc) is 2.13. The molecule has 2 atom stereocenters. The zero-order valence-corrected chi connectivity index (χ0v) is 10.5. The third-order valence-electron chi connectivity index (χ3n) is 2.94. The summed E-state index contributed by atoms with van der Waals surface area (Å²) in [6, 6.07) is 0. The summed E-state index contributed by atoms with van der Waals surface area (Å²) < 4.78 is 0. The van der Waals surface area contributed by atoms with Crippen molar-refractivity contribution in [3.05, 3.63) is 0 Å². The highest BCUT2D eigenvalue weighted by Crippen LogP contribution is 2.20. The maximum Gasteiger partial charge on any atom is 0.133 e. The first-order valence-electron chi connectivity index (χ1n) is 5.98. The Morgan fingerprint density at radius 1 is 1.07 bits per heavy atom. The van der Waals surface area contributed by atoms with Gasteiger partial charge in [0.1, 0.15) is 11.6 Å². The quantitative estimate of drug-likeness (QED) is 0.618. The smallest absolute Gasteiger partial charge is 0.133 e. The van der Waals surface area contributed by atoms with E-state index in [4.69, 9.17) is 0 Å². The van der Waals surface area contributed by atoms with E-state index >= 15 is 0 Å². The van der Waals surface area contributed by atoms with Crippen LogP contribution < -0.4 is 0 Å². The van der Waals surface area contributed by atoms with Crippen LogP contribution in [0.4, 0.5) is 0 Å². The Hall–Kier alpha value is -0.660. The fourth-order valence-electron chi connectivity index (χ4n) is 1.69. The average molecular weight is 212 g/mol. The van der Waals surface area contributed by atoms with Crippen LogP contribution in [0, 0.1) is 11.8 Å². The monoisotopic (exact) mass is 212 g/mol. The van der Waals surface area contributed by atoms with Gasteiger partial charge in [0.2, 0.25) is 0 Å². The molecule has 0 amide bonds. The lowest BCUT2D eigenvalue weighted by Crippen LogP contribution is -2.15. The lowest BCUT2D eigenvalue weighted by molar-refractivity contribution is -0.122. The molecule has 0 N–H and O–H groups in total. The van der Waals surface area contributed by atoms with Gasteiger partial charge < -0.3 is 4.79 Å². The first kappa shape index (κ1) is 14.3. The molecule has 0 radical (unpaired) electrons. The third kappa shape index (κ3) is 7.29. The molecule has 0 fully saturated rings. The van der Waals surface area contributed by atoms with Crippen molar-refractivity contribution < 1.29 is 9.59 Å². The third-order valence-corrected chi connectivity index (χ3v) is 2.94. The van der Waals surface area contributed by atoms with Gasteiger partial charge in [-0.3, -0.25) is 4.79 Å². The Balaban J connectivity index is 3.84. The van der Waals surface area contributed by atoms with Crippen LogP contribution in [0.2, 0.25) is 0 Å². The summed E-state index contributed by atoms with van der Waals surface area (Å²) in [5.41, 5.74) is 0. The van der Waals surface area contributed by atoms with Crippen molar-refractivity contribution >= 4 is 11.6 Å². The van der Waals surface area contributed by atoms with E-state index in [1.807, 2.05) is 0 Å². The predicted molar refractivity (Wildman–Crippen MR) is 62.8 cm³/mol. The van der Waals surface area contributed by atoms with Crippen LogP contribution in [0.3, 0.4) is 0 Å². The Morgan fingerprint density at radius 2 is 1.60 bits per heavy atom. The Kier molecular flexibility index (Phi) is 7.27. The highest BCUT2D eigenvalue weighted by atomic mass is 16.1. The molecule has 0 saturated carbocycles. The van der Waals surface area contributed by atoms with Crippen LogP contribution in [-0.4, -0.2) is 11.6 Å². The minimum atomic E-state index is 0.218. The van der Waals surface area contributed by atoms with E-state index in [0.29, 0.717) is 36.9 Å². The number of hydrogen-bond acceptors (Lipinski definition) is 2. The molecular formula is C13H24O2. The van der Waals surface area contributed by atoms with Gasteiger partial charge in [-0.25, -0.2) is 0 Å². The second kappa shape index (κ2) is 7.61. The van der Waals surface area contributed by atoms with Gasteiger partial charge in [-0.15, -0.1) is 0 Å². The molecule has 0 heterocycles. The molecule has 2 unspecified atom stereocenters. The molecule has 15 heavy (non-hydrogen) atoms. The molecule has 0 aromatic carbocycles. The number of unbranched alkanes of at least 4 members (excludes halogenated alkanes) is 1. The minimum Gasteiger partial charge on any atom is -0.300 e. The minimum absolute atomic E-state index is 0.218. The molecule has 0 rings (SSSR count). The van der Waals surface area contributed by atoms with E-state index in [-0.39, 0.29) is 5.78 Å². The summed E-state index contributed by atoms with van der Waals surface area (Å²) in [4.78, 5) is 22.4. The lowest BCUT2D eigenvalue weighted by Gasteiger charge is -2.17. The van der Waals surface area contributed by atoms with Crippen LogP contribution >= 0.6 is 0 Å². The molecule has 88 valence electrons. The Bertz CT molecular complexity index is 209. The molecule has 0 aromatic rings. The fourth-order valence-corrected chi connectivity index (χ4v) is 1.69. The van der Waals surface area contributed by atoms with Crippen LogP contribution in [0.1, 0.15) is 59.8 Å². The van der Waals surface area contributed by atoms with Crippen LogP contribution in [-0.2, 0) is 9.59 Å². The van der Waals surface area contributed by atoms with Crippen LogP contribution in [0.15, 0.2) is 0 Å². The zero-order valence-electron chi connectivity index (χ0n) is 10.5. The number of rotatable bonds is 8. The molecule has 0 aromatic heterocycles. The maximum absolute atomic E-state index is 11.5. The van der Waals surface area contributed by atoms with Crippen molar-refractivity contribution in [2.75, 3.05) is 0 Å². The van der Waals surface area contributed by atoms with E-state index in [9.17, 15) is 9.59 Å². The molecule has 0 saturated heterocycles. The normalized spacial score (nSPS) is 14.7. The molecular weight excluding hydrogens is 188 g/mol. The first-order chi connectivity index (χ1) is 6.97. The molecule has 0 aliphatic carbocycles. The predicted octanol–water partition coefficient (Wildman–Crippen LogP) is 3.39. The van der Waals surface area contributed by atoms with Crippen molar-refractivity contribution in [2.45, 2.75) is 59.8 Å². The molecule has 0 aliphatic heterocycles. The highest BCUT2D eigenvalue weighted by Gasteiger charge is 2.16. The van der Waals surface area contributed by atoms with E-state index in [0.717, 1.165) is 12.8 Å². The molecule has 0 bridgehead atoms. The molecule has 0 spiro atoms. The van der Waals surface area contributed by atoms with Gasteiger partial charge in [0, 0.05) is 19.3 Å². The summed E-state index contributed by atoms with van der Waals surface area (Å²) >= 11 is 0. The highest BCUT2D eigenvalue weighted by molar-refractivity contribution is 5.79. The van der Waals surface area contributed by atoms with Crippen molar-refractivity contribution in [2.24, 2.45) is 11.8 Å². The van der Waals surface area contributed by atoms with Gasteiger partial charge in [-0.05, 0) is 25.2 Å². The molecule has 2 nitrogen and oxygen atoms in total. The maximum atomic E-state index is 11.5. The Morgan fingerprint density at radius 3 is 2.07 bits per heavy atom. The summed E-state index contributed by atoms with van der Waals surface area (Å²) in [6.07, 6.45) is 4.00. The van der Waals surface area contributed by atoms with Crippen LogP contribution in [0.5, 0.6) is 0 Å². The standard InChI is InChI=1S/C13H24O2/c1-5-6-7-13(15)9-11(3)10(2)8-12(4)14/h10-11H,5-9H2,1-4H3. The summed E-state index contributed by atoms with van der Waals surface area (Å²) in [6.45, 7) is 7.83. The number of Topliss-reactive ketones (excluding diaryl/α,β-unsaturated/α-hetero) is 2. The second-order valence-corrected chi connectivity index (χ2v) is 4.71. The van der Waals surface area contributed by atoms with Crippen molar-refractivity contribution in [3.63, 3.8) is 0 Å². The zero-order chi connectivity index (χ0) is 11.8. The summed E-state index contributed by atoms with van der Waals surface area (Å²) in [5.74, 6) is 1.22. The number of ketones is 2. The fraction of sp³-hybridized carbons (Fsp3) is 0.846.